The Morgan fingerprint density at radius 2 is 2.06 bits per heavy atom. The molecule has 0 spiro atoms. The van der Waals surface area contributed by atoms with E-state index in [1.54, 1.807) is 7.11 Å². The van der Waals surface area contributed by atoms with Crippen LogP contribution in [-0.4, -0.2) is 20.2 Å². The summed E-state index contributed by atoms with van der Waals surface area (Å²) in [6.07, 6.45) is 1.49. The molecule has 1 aromatic carbocycles. The number of hydrogen-bond acceptors (Lipinski definition) is 3. The van der Waals surface area contributed by atoms with E-state index in [0.29, 0.717) is 6.42 Å². The maximum atomic E-state index is 8.43. The smallest absolute Gasteiger partial charge is 0.125 e. The number of rotatable bonds is 6. The largest absolute Gasteiger partial charge is 0.496 e. The predicted molar refractivity (Wildman–Crippen MR) is 69.3 cm³/mol. The van der Waals surface area contributed by atoms with Gasteiger partial charge in [0.05, 0.1) is 13.2 Å². The molecule has 0 fully saturated rings. The first-order chi connectivity index (χ1) is 8.19. The van der Waals surface area contributed by atoms with Crippen molar-refractivity contribution in [3.63, 3.8) is 0 Å². The third kappa shape index (κ3) is 4.08. The van der Waals surface area contributed by atoms with Crippen molar-refractivity contribution in [2.24, 2.45) is 0 Å². The maximum Gasteiger partial charge on any atom is 0.125 e. The third-order valence-electron chi connectivity index (χ3n) is 2.68. The van der Waals surface area contributed by atoms with Gasteiger partial charge in [0.15, 0.2) is 0 Å². The minimum atomic E-state index is 0.560. The molecular weight excluding hydrogens is 212 g/mol. The third-order valence-corrected chi connectivity index (χ3v) is 2.68. The predicted octanol–water partition coefficient (Wildman–Crippen LogP) is 2.36. The fourth-order valence-corrected chi connectivity index (χ4v) is 2.01. The lowest BCUT2D eigenvalue weighted by atomic mass is 10.0. The molecule has 17 heavy (non-hydrogen) atoms. The lowest BCUT2D eigenvalue weighted by Crippen LogP contribution is -2.18. The minimum absolute atomic E-state index is 0.560. The summed E-state index contributed by atoms with van der Waals surface area (Å²) in [5.74, 6) is 0.984. The molecule has 3 heteroatoms. The van der Waals surface area contributed by atoms with Crippen LogP contribution >= 0.6 is 0 Å². The average Bonchev–Trinajstić information content (AvgIpc) is 2.28. The molecule has 0 saturated carbocycles. The summed E-state index contributed by atoms with van der Waals surface area (Å²) >= 11 is 0. The van der Waals surface area contributed by atoms with Crippen LogP contribution < -0.4 is 10.1 Å². The first kappa shape index (κ1) is 13.5. The fraction of sp³-hybridized carbons (Fsp3) is 0.500. The van der Waals surface area contributed by atoms with Gasteiger partial charge >= 0.3 is 0 Å². The van der Waals surface area contributed by atoms with Gasteiger partial charge in [-0.15, -0.1) is 0 Å². The van der Waals surface area contributed by atoms with Gasteiger partial charge in [0.2, 0.25) is 0 Å². The maximum absolute atomic E-state index is 8.43. The molecule has 3 nitrogen and oxygen atoms in total. The Labute approximate surface area is 103 Å². The zero-order valence-electron chi connectivity index (χ0n) is 10.8. The van der Waals surface area contributed by atoms with Crippen molar-refractivity contribution in [3.05, 3.63) is 28.8 Å². The number of nitrogens with one attached hydrogen (secondary N) is 1. The van der Waals surface area contributed by atoms with E-state index in [2.05, 4.69) is 37.4 Å². The Kier molecular flexibility index (Phi) is 5.51. The van der Waals surface area contributed by atoms with Crippen LogP contribution in [0.2, 0.25) is 0 Å². The second-order valence-corrected chi connectivity index (χ2v) is 4.18. The van der Waals surface area contributed by atoms with E-state index in [4.69, 9.17) is 10.00 Å². The molecule has 0 atom stereocenters. The second kappa shape index (κ2) is 6.93. The van der Waals surface area contributed by atoms with E-state index in [1.165, 1.54) is 16.7 Å². The normalized spacial score (nSPS) is 10.0. The van der Waals surface area contributed by atoms with Gasteiger partial charge in [-0.3, -0.25) is 0 Å². The first-order valence-electron chi connectivity index (χ1n) is 5.90. The Hall–Kier alpha value is -1.53. The van der Waals surface area contributed by atoms with Crippen LogP contribution in [0, 0.1) is 25.2 Å². The van der Waals surface area contributed by atoms with Crippen molar-refractivity contribution < 1.29 is 4.74 Å². The molecule has 0 bridgehead atoms. The Balaban J connectivity index is 2.60. The monoisotopic (exact) mass is 232 g/mol. The van der Waals surface area contributed by atoms with Crippen LogP contribution in [0.3, 0.4) is 0 Å². The Morgan fingerprint density at radius 3 is 2.71 bits per heavy atom. The second-order valence-electron chi connectivity index (χ2n) is 4.18. The quantitative estimate of drug-likeness (QED) is 0.766. The molecule has 1 rings (SSSR count). The molecule has 0 unspecified atom stereocenters. The fourth-order valence-electron chi connectivity index (χ4n) is 2.01. The van der Waals surface area contributed by atoms with Crippen LogP contribution in [0.1, 0.15) is 23.1 Å². The zero-order valence-corrected chi connectivity index (χ0v) is 10.8. The van der Waals surface area contributed by atoms with Gasteiger partial charge in [-0.1, -0.05) is 17.7 Å². The summed E-state index contributed by atoms with van der Waals surface area (Å²) in [4.78, 5) is 0. The lowest BCUT2D eigenvalue weighted by molar-refractivity contribution is 0.406. The van der Waals surface area contributed by atoms with Gasteiger partial charge in [0.1, 0.15) is 5.75 Å². The number of nitrogens with zero attached hydrogens (tertiary/aromatic N) is 1. The van der Waals surface area contributed by atoms with E-state index >= 15 is 0 Å². The Morgan fingerprint density at radius 1 is 1.29 bits per heavy atom. The van der Waals surface area contributed by atoms with Gasteiger partial charge in [0, 0.05) is 13.0 Å². The van der Waals surface area contributed by atoms with Gasteiger partial charge in [-0.05, 0) is 37.9 Å². The molecule has 1 N–H and O–H groups in total. The molecule has 0 saturated heterocycles. The Bertz CT molecular complexity index is 407. The van der Waals surface area contributed by atoms with E-state index in [0.717, 1.165) is 25.3 Å². The molecule has 0 aromatic heterocycles. The average molecular weight is 232 g/mol. The van der Waals surface area contributed by atoms with Gasteiger partial charge in [-0.2, -0.15) is 5.26 Å². The van der Waals surface area contributed by atoms with E-state index in [-0.39, 0.29) is 0 Å². The van der Waals surface area contributed by atoms with Gasteiger partial charge in [0.25, 0.3) is 0 Å². The zero-order chi connectivity index (χ0) is 12.7. The van der Waals surface area contributed by atoms with Crippen molar-refractivity contribution >= 4 is 0 Å². The summed E-state index contributed by atoms with van der Waals surface area (Å²) in [6.45, 7) is 5.79. The van der Waals surface area contributed by atoms with Crippen LogP contribution in [0.15, 0.2) is 12.1 Å². The number of ether oxygens (including phenoxy) is 1. The number of aryl methyl sites for hydroxylation is 2. The molecular formula is C14H20N2O. The van der Waals surface area contributed by atoms with Crippen molar-refractivity contribution in [1.29, 1.82) is 5.26 Å². The van der Waals surface area contributed by atoms with Crippen molar-refractivity contribution in [3.8, 4) is 11.8 Å². The van der Waals surface area contributed by atoms with Crippen molar-refractivity contribution in [1.82, 2.24) is 5.32 Å². The highest BCUT2D eigenvalue weighted by Gasteiger charge is 2.06. The highest BCUT2D eigenvalue weighted by Crippen LogP contribution is 2.25. The lowest BCUT2D eigenvalue weighted by Gasteiger charge is -2.13. The number of nitriles is 1. The van der Waals surface area contributed by atoms with Crippen LogP contribution in [0.5, 0.6) is 5.75 Å². The molecule has 0 aliphatic heterocycles. The SMILES string of the molecule is COc1c(C)cc(C)cc1CCNCCC#N. The number of hydrogen-bond donors (Lipinski definition) is 1. The van der Waals surface area contributed by atoms with Crippen molar-refractivity contribution in [2.45, 2.75) is 26.7 Å². The molecule has 0 heterocycles. The summed E-state index contributed by atoms with van der Waals surface area (Å²) in [5.41, 5.74) is 3.67. The molecule has 92 valence electrons. The summed E-state index contributed by atoms with van der Waals surface area (Å²) < 4.78 is 5.43. The summed E-state index contributed by atoms with van der Waals surface area (Å²) in [7, 11) is 1.71. The minimum Gasteiger partial charge on any atom is -0.496 e. The summed E-state index contributed by atoms with van der Waals surface area (Å²) in [5, 5.41) is 11.7. The van der Waals surface area contributed by atoms with Crippen LogP contribution in [0.25, 0.3) is 0 Å². The highest BCUT2D eigenvalue weighted by atomic mass is 16.5. The van der Waals surface area contributed by atoms with Crippen molar-refractivity contribution in [2.75, 3.05) is 20.2 Å². The van der Waals surface area contributed by atoms with Gasteiger partial charge in [-0.25, -0.2) is 0 Å². The highest BCUT2D eigenvalue weighted by molar-refractivity contribution is 5.43. The first-order valence-corrected chi connectivity index (χ1v) is 5.90. The topological polar surface area (TPSA) is 45.0 Å². The molecule has 0 radical (unpaired) electrons. The molecule has 0 aliphatic rings. The molecule has 0 amide bonds. The summed E-state index contributed by atoms with van der Waals surface area (Å²) in [6, 6.07) is 6.41. The standard InChI is InChI=1S/C14H20N2O/c1-11-9-12(2)14(17-3)13(10-11)5-8-16-7-4-6-15/h9-10,16H,4-5,7-8H2,1-3H3. The van der Waals surface area contributed by atoms with E-state index < -0.39 is 0 Å². The number of methoxy groups -OCH3 is 1. The van der Waals surface area contributed by atoms with Crippen LogP contribution in [-0.2, 0) is 6.42 Å². The molecule has 1 aromatic rings. The molecule has 0 aliphatic carbocycles. The number of benzene rings is 1. The van der Waals surface area contributed by atoms with Crippen LogP contribution in [0.4, 0.5) is 0 Å². The van der Waals surface area contributed by atoms with Gasteiger partial charge < -0.3 is 10.1 Å². The van der Waals surface area contributed by atoms with E-state index in [9.17, 15) is 0 Å². The van der Waals surface area contributed by atoms with E-state index in [1.807, 2.05) is 0 Å².